The maximum Gasteiger partial charge on any atom is 0.230 e. The second-order valence-corrected chi connectivity index (χ2v) is 7.87. The molecule has 0 radical (unpaired) electrons. The SMILES string of the molecule is Cc1ccc([C@H](NC(=O)CSCc2cccc(Cl)c2)c2ccccc2)cc1. The maximum absolute atomic E-state index is 12.6. The fraction of sp³-hybridized carbons (Fsp3) is 0.174. The van der Waals surface area contributed by atoms with Crippen LogP contribution < -0.4 is 5.32 Å². The second-order valence-electron chi connectivity index (χ2n) is 6.44. The molecule has 0 bridgehead atoms. The number of nitrogens with one attached hydrogen (secondary N) is 1. The Hall–Kier alpha value is -2.23. The van der Waals surface area contributed by atoms with Crippen LogP contribution in [0.5, 0.6) is 0 Å². The summed E-state index contributed by atoms with van der Waals surface area (Å²) >= 11 is 7.60. The predicted molar refractivity (Wildman–Crippen MR) is 115 cm³/mol. The van der Waals surface area contributed by atoms with Crippen LogP contribution in [0.4, 0.5) is 0 Å². The normalized spacial score (nSPS) is 11.8. The van der Waals surface area contributed by atoms with Gasteiger partial charge in [0.1, 0.15) is 0 Å². The van der Waals surface area contributed by atoms with E-state index in [1.54, 1.807) is 11.8 Å². The van der Waals surface area contributed by atoms with E-state index in [0.29, 0.717) is 5.75 Å². The lowest BCUT2D eigenvalue weighted by Crippen LogP contribution is -2.30. The van der Waals surface area contributed by atoms with Crippen LogP contribution in [0.1, 0.15) is 28.3 Å². The van der Waals surface area contributed by atoms with Crippen molar-refractivity contribution in [2.75, 3.05) is 5.75 Å². The first kappa shape index (κ1) is 19.5. The zero-order valence-corrected chi connectivity index (χ0v) is 16.8. The summed E-state index contributed by atoms with van der Waals surface area (Å²) in [6, 6.07) is 26.0. The summed E-state index contributed by atoms with van der Waals surface area (Å²) in [6.45, 7) is 2.06. The molecule has 0 aliphatic rings. The second kappa shape index (κ2) is 9.63. The summed E-state index contributed by atoms with van der Waals surface area (Å²) in [4.78, 5) is 12.6. The number of rotatable bonds is 7. The molecule has 0 aromatic heterocycles. The van der Waals surface area contributed by atoms with E-state index in [1.165, 1.54) is 5.56 Å². The quantitative estimate of drug-likeness (QED) is 0.548. The molecule has 1 N–H and O–H groups in total. The lowest BCUT2D eigenvalue weighted by atomic mass is 9.98. The van der Waals surface area contributed by atoms with E-state index in [-0.39, 0.29) is 11.9 Å². The highest BCUT2D eigenvalue weighted by atomic mass is 35.5. The number of aryl methyl sites for hydroxylation is 1. The van der Waals surface area contributed by atoms with Gasteiger partial charge < -0.3 is 5.32 Å². The number of hydrogen-bond donors (Lipinski definition) is 1. The van der Waals surface area contributed by atoms with Gasteiger partial charge in [-0.15, -0.1) is 11.8 Å². The Kier molecular flexibility index (Phi) is 6.97. The Morgan fingerprint density at radius 3 is 2.37 bits per heavy atom. The molecule has 1 atom stereocenters. The van der Waals surface area contributed by atoms with Crippen LogP contribution >= 0.6 is 23.4 Å². The molecule has 27 heavy (non-hydrogen) atoms. The van der Waals surface area contributed by atoms with Crippen molar-refractivity contribution in [1.29, 1.82) is 0 Å². The maximum atomic E-state index is 12.6. The molecule has 2 nitrogen and oxygen atoms in total. The molecule has 3 aromatic carbocycles. The van der Waals surface area contributed by atoms with Gasteiger partial charge in [0.2, 0.25) is 5.91 Å². The van der Waals surface area contributed by atoms with Crippen molar-refractivity contribution < 1.29 is 4.79 Å². The Labute approximate surface area is 170 Å². The first-order valence-electron chi connectivity index (χ1n) is 8.85. The highest BCUT2D eigenvalue weighted by Gasteiger charge is 2.16. The standard InChI is InChI=1S/C23H22ClNOS/c1-17-10-12-20(13-11-17)23(19-7-3-2-4-8-19)25-22(26)16-27-15-18-6-5-9-21(24)14-18/h2-14,23H,15-16H2,1H3,(H,25,26)/t23-/m1/s1. The molecule has 3 rings (SSSR count). The van der Waals surface area contributed by atoms with Gasteiger partial charge in [-0.1, -0.05) is 83.9 Å². The van der Waals surface area contributed by atoms with Crippen LogP contribution in [0.2, 0.25) is 5.02 Å². The molecule has 0 heterocycles. The van der Waals surface area contributed by atoms with E-state index in [0.717, 1.165) is 27.5 Å². The van der Waals surface area contributed by atoms with Crippen molar-refractivity contribution in [1.82, 2.24) is 5.32 Å². The molecule has 0 saturated heterocycles. The van der Waals surface area contributed by atoms with Crippen molar-refractivity contribution in [2.24, 2.45) is 0 Å². The van der Waals surface area contributed by atoms with E-state index in [9.17, 15) is 4.79 Å². The highest BCUT2D eigenvalue weighted by Crippen LogP contribution is 2.23. The zero-order valence-electron chi connectivity index (χ0n) is 15.2. The molecule has 4 heteroatoms. The molecule has 0 aliphatic carbocycles. The van der Waals surface area contributed by atoms with Crippen LogP contribution in [-0.4, -0.2) is 11.7 Å². The van der Waals surface area contributed by atoms with Crippen molar-refractivity contribution in [3.8, 4) is 0 Å². The summed E-state index contributed by atoms with van der Waals surface area (Å²) in [5.74, 6) is 1.19. The number of hydrogen-bond acceptors (Lipinski definition) is 2. The number of amides is 1. The number of carbonyl (C=O) groups excluding carboxylic acids is 1. The smallest absolute Gasteiger partial charge is 0.230 e. The Bertz CT molecular complexity index is 880. The molecular weight excluding hydrogens is 374 g/mol. The van der Waals surface area contributed by atoms with Crippen LogP contribution in [-0.2, 0) is 10.5 Å². The van der Waals surface area contributed by atoms with E-state index >= 15 is 0 Å². The lowest BCUT2D eigenvalue weighted by Gasteiger charge is -2.20. The van der Waals surface area contributed by atoms with Crippen molar-refractivity contribution >= 4 is 29.3 Å². The van der Waals surface area contributed by atoms with Crippen molar-refractivity contribution in [3.63, 3.8) is 0 Å². The highest BCUT2D eigenvalue weighted by molar-refractivity contribution is 7.99. The van der Waals surface area contributed by atoms with Crippen LogP contribution in [0, 0.1) is 6.92 Å². The van der Waals surface area contributed by atoms with Crippen molar-refractivity contribution in [3.05, 3.63) is 106 Å². The van der Waals surface area contributed by atoms with Crippen LogP contribution in [0.3, 0.4) is 0 Å². The molecule has 0 unspecified atom stereocenters. The van der Waals surface area contributed by atoms with Gasteiger partial charge in [0, 0.05) is 10.8 Å². The number of thioether (sulfide) groups is 1. The topological polar surface area (TPSA) is 29.1 Å². The molecule has 0 spiro atoms. The first-order chi connectivity index (χ1) is 13.1. The van der Waals surface area contributed by atoms with Gasteiger partial charge in [-0.25, -0.2) is 0 Å². The summed E-state index contributed by atoms with van der Waals surface area (Å²) in [7, 11) is 0. The monoisotopic (exact) mass is 395 g/mol. The molecule has 0 fully saturated rings. The predicted octanol–water partition coefficient (Wildman–Crippen LogP) is 5.79. The summed E-state index contributed by atoms with van der Waals surface area (Å²) in [5, 5.41) is 3.90. The first-order valence-corrected chi connectivity index (χ1v) is 10.4. The summed E-state index contributed by atoms with van der Waals surface area (Å²) in [5.41, 5.74) is 4.49. The average molecular weight is 396 g/mol. The molecule has 138 valence electrons. The van der Waals surface area contributed by atoms with Gasteiger partial charge in [-0.3, -0.25) is 4.79 Å². The molecule has 0 aliphatic heterocycles. The minimum Gasteiger partial charge on any atom is -0.344 e. The van der Waals surface area contributed by atoms with Crippen molar-refractivity contribution in [2.45, 2.75) is 18.7 Å². The minimum atomic E-state index is -0.147. The molecular formula is C23H22ClNOS. The third-order valence-corrected chi connectivity index (χ3v) is 5.48. The molecule has 0 saturated carbocycles. The third-order valence-electron chi connectivity index (χ3n) is 4.24. The van der Waals surface area contributed by atoms with E-state index < -0.39 is 0 Å². The van der Waals surface area contributed by atoms with Crippen LogP contribution in [0.15, 0.2) is 78.9 Å². The Balaban J connectivity index is 1.65. The van der Waals surface area contributed by atoms with Gasteiger partial charge in [-0.2, -0.15) is 0 Å². The van der Waals surface area contributed by atoms with Gasteiger partial charge >= 0.3 is 0 Å². The lowest BCUT2D eigenvalue weighted by molar-refractivity contribution is -0.119. The summed E-state index contributed by atoms with van der Waals surface area (Å²) in [6.07, 6.45) is 0. The fourth-order valence-corrected chi connectivity index (χ4v) is 3.85. The number of benzene rings is 3. The summed E-state index contributed by atoms with van der Waals surface area (Å²) < 4.78 is 0. The van der Waals surface area contributed by atoms with Crippen LogP contribution in [0.25, 0.3) is 0 Å². The molecule has 3 aromatic rings. The van der Waals surface area contributed by atoms with Gasteiger partial charge in [0.25, 0.3) is 0 Å². The largest absolute Gasteiger partial charge is 0.344 e. The molecule has 1 amide bonds. The van der Waals surface area contributed by atoms with E-state index in [4.69, 9.17) is 11.6 Å². The minimum absolute atomic E-state index is 0.0245. The van der Waals surface area contributed by atoms with E-state index in [1.807, 2.05) is 54.6 Å². The van der Waals surface area contributed by atoms with Gasteiger partial charge in [0.15, 0.2) is 0 Å². The van der Waals surface area contributed by atoms with E-state index in [2.05, 4.69) is 36.5 Å². The Morgan fingerprint density at radius 1 is 0.963 bits per heavy atom. The number of carbonyl (C=O) groups is 1. The zero-order chi connectivity index (χ0) is 19.1. The fourth-order valence-electron chi connectivity index (χ4n) is 2.85. The third kappa shape index (κ3) is 5.88. The van der Waals surface area contributed by atoms with Gasteiger partial charge in [-0.05, 0) is 35.7 Å². The average Bonchev–Trinajstić information content (AvgIpc) is 2.68. The number of halogens is 1. The Morgan fingerprint density at radius 2 is 1.67 bits per heavy atom. The van der Waals surface area contributed by atoms with Gasteiger partial charge in [0.05, 0.1) is 11.8 Å².